The first-order valence-corrected chi connectivity index (χ1v) is 168. The van der Waals surface area contributed by atoms with Crippen LogP contribution in [0.4, 0.5) is 46.8 Å². The normalized spacial score (nSPS) is 18.4. The summed E-state index contributed by atoms with van der Waals surface area (Å²) in [4.78, 5) is 42.0. The van der Waals surface area contributed by atoms with Crippen LogP contribution >= 0.6 is 560 Å². The molecule has 2 aromatic carbocycles. The number of hydrogen-bond acceptors (Lipinski definition) is 20. The lowest BCUT2D eigenvalue weighted by molar-refractivity contribution is 0.122. The molecule has 12 heterocycles. The lowest BCUT2D eigenvalue weighted by Gasteiger charge is -2.54. The van der Waals surface area contributed by atoms with Crippen molar-refractivity contribution < 1.29 is 26.3 Å². The van der Waals surface area contributed by atoms with Gasteiger partial charge in [0.25, 0.3) is 0 Å². The number of morpholine rings is 2. The first kappa shape index (κ1) is 151. The third-order valence-corrected chi connectivity index (χ3v) is 469. The van der Waals surface area contributed by atoms with Crippen LogP contribution in [-0.4, -0.2) is 170 Å². The summed E-state index contributed by atoms with van der Waals surface area (Å²) < 4.78 is 68.3. The number of nitrogens with zero attached hydrogens (tertiary/aromatic N) is 16. The SMILES string of the molecule is CS(=O)(=O)Nc1nc(N2CCCC[C@@H]2c2cc3nc(N4CCC4)cc(N4CCOCC4)n3n2)c2cc(Cl)ccc2n1.CS(=O)(=O)Nc1nc(N2CCCC[C@H]2c2cc3nc(N4CCC4)cc(N4CCOCC4)n3n2)c2cc(Cl)ccc2n1.PP(P)P(P(P)P)P(P(P)P)P(P(P(P)P)P(P)P)P(P(P(P)P)P(P)P)P(P(P)P)P(P)P.PPP(P(P)P)P(P(P)P)P(P(P(P)P)P(P)P)P(P(P(P)P)P(P)P)P(P(P)P)P(P)P. The molecular weight excluding hydrogens is 3210 g/mol. The Morgan fingerprint density at radius 2 is 0.604 bits per heavy atom. The molecule has 0 spiro atoms. The number of sulfonamides is 2. The molecule has 149 heavy (non-hydrogen) atoms. The number of ether oxygens (including phenoxy) is 2. The van der Waals surface area contributed by atoms with Crippen molar-refractivity contribution in [3.63, 3.8) is 0 Å². The Morgan fingerprint density at radius 3 is 0.866 bits per heavy atom. The fourth-order valence-electron chi connectivity index (χ4n) is 15.4. The second kappa shape index (κ2) is 74.1. The topological polar surface area (TPSA) is 242 Å². The standard InChI is InChI=1S/2C27H32ClN9O3S.H36P34.H35P33/c2*1-41(38,39)33-27-29-20-7-6-18(28)15-19(20)26(31-27)36-10-3-2-5-22(36)21-16-24-30-23(34-8-4-9-34)17-25(37(24)32-21)35-11-13-40-14-12-35;1-19(2)28(20(3)4)32(27(17)18)34(31(25(13)14)26(15)16)33(29(21(5)6)22(7)8)30(23(9)10)24(11)12;1-18-27(19(2)3)31(26(16)17)33(30(24(12)13)25(14)15)32(28(20(4)5)21(6)7)29(22(8)9)23(10)11/h2*6-7,15-17,22H,2-5,8-14H2,1H3,(H,29,31,33);1-18H2;18H,1-17H2/t2*22-;;/m10../s1. The van der Waals surface area contributed by atoms with Crippen LogP contribution in [0.1, 0.15) is 74.8 Å². The molecule has 8 aromatic rings. The number of halogens is 2. The Labute approximate surface area is 1010 Å². The van der Waals surface area contributed by atoms with Crippen LogP contribution in [0.3, 0.4) is 0 Å². The van der Waals surface area contributed by atoms with Crippen molar-refractivity contribution in [1.29, 1.82) is 0 Å². The molecule has 2 N–H and O–H groups in total. The van der Waals surface area contributed by atoms with E-state index in [9.17, 15) is 16.8 Å². The molecule has 838 valence electrons. The summed E-state index contributed by atoms with van der Waals surface area (Å²) in [5.41, 5.74) is 4.65. The van der Waals surface area contributed by atoms with Crippen molar-refractivity contribution in [1.82, 2.24) is 49.1 Å². The van der Waals surface area contributed by atoms with E-state index in [0.717, 1.165) is 181 Å². The highest BCUT2D eigenvalue weighted by molar-refractivity contribution is 9.48. The monoisotopic (exact) mass is 3340 g/mol. The van der Waals surface area contributed by atoms with E-state index in [0.29, 0.717) is 59.1 Å². The van der Waals surface area contributed by atoms with Crippen LogP contribution in [0, 0.1) is 0 Å². The molecule has 6 saturated heterocycles. The van der Waals surface area contributed by atoms with Crippen molar-refractivity contribution in [2.45, 2.75) is 63.5 Å². The maximum atomic E-state index is 12.1. The van der Waals surface area contributed by atoms with Gasteiger partial charge in [-0.1, -0.05) is 31.2 Å². The number of fused-ring (bicyclic) bond motifs is 4. The Balaban J connectivity index is 0.000000190. The van der Waals surface area contributed by atoms with Gasteiger partial charge < -0.3 is 38.9 Å². The minimum atomic E-state index is -3.57. The molecule has 41 unspecified atom stereocenters. The van der Waals surface area contributed by atoms with Crippen LogP contribution < -0.4 is 38.8 Å². The third kappa shape index (κ3) is 44.0. The largest absolute Gasteiger partial charge is 0.378 e. The van der Waals surface area contributed by atoms with E-state index >= 15 is 0 Å². The Morgan fingerprint density at radius 1 is 0.322 bits per heavy atom. The maximum Gasteiger partial charge on any atom is 0.239 e. The third-order valence-electron chi connectivity index (χ3n) is 21.5. The number of aromatic nitrogens is 10. The van der Waals surface area contributed by atoms with E-state index in [1.165, 1.54) is 12.8 Å². The average Bonchev–Trinajstić information content (AvgIpc) is 1.75. The van der Waals surface area contributed by atoms with Gasteiger partial charge in [0.1, 0.15) is 34.9 Å². The molecule has 0 amide bonds. The van der Waals surface area contributed by atoms with Crippen molar-refractivity contribution in [2.75, 3.05) is 143 Å². The van der Waals surface area contributed by atoms with Gasteiger partial charge in [0.05, 0.1) is 73.4 Å². The highest BCUT2D eigenvalue weighted by Crippen LogP contribution is 3.42. The number of rotatable bonds is 42. The first-order chi connectivity index (χ1) is 70.1. The summed E-state index contributed by atoms with van der Waals surface area (Å²) in [6.45, 7) is 10.3. The van der Waals surface area contributed by atoms with E-state index in [4.69, 9.17) is 62.8 Å². The second-order valence-electron chi connectivity index (χ2n) is 32.1. The van der Waals surface area contributed by atoms with E-state index in [-0.39, 0.29) is 241 Å². The van der Waals surface area contributed by atoms with Gasteiger partial charge in [0.15, 0.2) is 11.3 Å². The highest BCUT2D eigenvalue weighted by Gasteiger charge is 2.55. The number of anilines is 8. The zero-order valence-electron chi connectivity index (χ0n) is 80.2. The summed E-state index contributed by atoms with van der Waals surface area (Å²) in [5, 5.41) is 12.9. The number of hydrogen-bond donors (Lipinski definition) is 2. The molecule has 0 bridgehead atoms. The summed E-state index contributed by atoms with van der Waals surface area (Å²) in [6, 6.07) is 19.0. The molecule has 95 heteroatoms. The Hall–Kier alpha value is 22.0. The van der Waals surface area contributed by atoms with Crippen molar-refractivity contribution >= 4 is 660 Å². The lowest BCUT2D eigenvalue weighted by atomic mass is 9.99. The minimum absolute atomic E-state index is 0.000249. The minimum Gasteiger partial charge on any atom is -0.378 e. The number of piperidine rings is 2. The number of benzene rings is 2. The number of nitrogens with one attached hydrogen (secondary N) is 2. The summed E-state index contributed by atoms with van der Waals surface area (Å²) in [7, 11) is 110. The van der Waals surface area contributed by atoms with E-state index in [2.05, 4.69) is 386 Å². The van der Waals surface area contributed by atoms with Gasteiger partial charge in [-0.05, 0) is 304 Å². The second-order valence-corrected chi connectivity index (χ2v) is 306. The van der Waals surface area contributed by atoms with Gasteiger partial charge in [-0.15, -0.1) is 312 Å². The molecule has 6 aromatic heterocycles. The average molecular weight is 3340 g/mol. The lowest BCUT2D eigenvalue weighted by Crippen LogP contribution is -2.40. The van der Waals surface area contributed by atoms with Crippen molar-refractivity contribution in [2.24, 2.45) is 0 Å². The molecule has 6 aliphatic rings. The molecule has 24 nitrogen and oxygen atoms in total. The predicted octanol–water partition coefficient (Wildman–Crippen LogP) is 45.6. The fourth-order valence-corrected chi connectivity index (χ4v) is 917. The van der Waals surface area contributed by atoms with Crippen LogP contribution in [0.2, 0.25) is 10.0 Å². The van der Waals surface area contributed by atoms with Gasteiger partial charge in [-0.2, -0.15) is 29.2 Å². The van der Waals surface area contributed by atoms with Crippen LogP contribution in [0.25, 0.3) is 33.1 Å². The van der Waals surface area contributed by atoms with E-state index in [1.54, 1.807) is 24.3 Å². The van der Waals surface area contributed by atoms with Crippen LogP contribution in [-0.2, 0) is 29.5 Å². The highest BCUT2D eigenvalue weighted by atomic mass is 35.5. The van der Waals surface area contributed by atoms with E-state index < -0.39 is 20.0 Å². The predicted molar refractivity (Wildman–Crippen MR) is 882 cm³/mol. The van der Waals surface area contributed by atoms with Crippen LogP contribution in [0.5, 0.6) is 0 Å². The Bertz CT molecular complexity index is 5530. The fraction of sp³-hybridized carbons (Fsp3) is 0.481. The molecule has 6 aliphatic heterocycles. The first-order valence-electron chi connectivity index (χ1n) is 43.1. The van der Waals surface area contributed by atoms with E-state index in [1.807, 2.05) is 21.2 Å². The molecule has 14 rings (SSSR count). The zero-order valence-corrected chi connectivity index (χ0v) is 153. The molecule has 0 radical (unpaired) electrons. The smallest absolute Gasteiger partial charge is 0.239 e. The van der Waals surface area contributed by atoms with Gasteiger partial charge in [0, 0.05) is 111 Å². The van der Waals surface area contributed by atoms with Crippen molar-refractivity contribution in [3.8, 4) is 0 Å². The molecule has 6 fully saturated rings. The van der Waals surface area contributed by atoms with Crippen LogP contribution in [0.15, 0.2) is 60.7 Å². The van der Waals surface area contributed by atoms with Gasteiger partial charge in [-0.25, -0.2) is 36.8 Å². The molecule has 0 saturated carbocycles. The summed E-state index contributed by atoms with van der Waals surface area (Å²) in [5.74, 6) is 5.33. The quantitative estimate of drug-likeness (QED) is 0.0338. The van der Waals surface area contributed by atoms with Gasteiger partial charge >= 0.3 is 0 Å². The molecule has 0 aliphatic carbocycles. The maximum absolute atomic E-state index is 12.1. The zero-order chi connectivity index (χ0) is 110. The van der Waals surface area contributed by atoms with Crippen molar-refractivity contribution in [3.05, 3.63) is 82.1 Å². The summed E-state index contributed by atoms with van der Waals surface area (Å²) in [6.07, 6.45) is 10.3. The summed E-state index contributed by atoms with van der Waals surface area (Å²) >= 11 is 12.8. The van der Waals surface area contributed by atoms with Gasteiger partial charge in [-0.3, -0.25) is 9.44 Å². The molecule has 43 atom stereocenters. The van der Waals surface area contributed by atoms with Gasteiger partial charge in [0.2, 0.25) is 31.9 Å². The molecular formula is C54H135Cl2N18O6P67S2. The Kier molecular flexibility index (Phi) is 75.0.